The lowest BCUT2D eigenvalue weighted by molar-refractivity contribution is 0.0696. The number of anilines is 1. The van der Waals surface area contributed by atoms with E-state index in [9.17, 15) is 23.1 Å². The number of aromatic carboxylic acids is 1. The fourth-order valence-corrected chi connectivity index (χ4v) is 3.50. The average Bonchev–Trinajstić information content (AvgIpc) is 3.12. The van der Waals surface area contributed by atoms with Crippen molar-refractivity contribution in [1.82, 2.24) is 9.03 Å². The number of carboxylic acids is 1. The lowest BCUT2D eigenvalue weighted by atomic mass is 10.1. The van der Waals surface area contributed by atoms with Crippen molar-refractivity contribution in [2.24, 2.45) is 11.8 Å². The maximum atomic E-state index is 12.4. The summed E-state index contributed by atoms with van der Waals surface area (Å²) >= 11 is 0. The molecular formula is C15H19N3O5S. The molecule has 8 nitrogen and oxygen atoms in total. The molecule has 2 N–H and O–H groups in total. The van der Waals surface area contributed by atoms with E-state index in [0.717, 1.165) is 23.8 Å². The maximum absolute atomic E-state index is 12.4. The highest BCUT2D eigenvalue weighted by atomic mass is 32.2. The molecule has 1 amide bonds. The lowest BCUT2D eigenvalue weighted by Crippen LogP contribution is -2.40. The van der Waals surface area contributed by atoms with Crippen molar-refractivity contribution in [3.63, 3.8) is 0 Å². The van der Waals surface area contributed by atoms with Crippen molar-refractivity contribution in [3.8, 4) is 0 Å². The van der Waals surface area contributed by atoms with E-state index in [0.29, 0.717) is 17.5 Å². The number of hydrogen-bond acceptors (Lipinski definition) is 5. The van der Waals surface area contributed by atoms with Gasteiger partial charge in [0.1, 0.15) is 0 Å². The second kappa shape index (κ2) is 5.75. The van der Waals surface area contributed by atoms with Gasteiger partial charge in [-0.1, -0.05) is 0 Å². The fraction of sp³-hybridized carbons (Fsp3) is 0.467. The maximum Gasteiger partial charge on any atom is 0.335 e. The van der Waals surface area contributed by atoms with Crippen LogP contribution in [-0.2, 0) is 10.2 Å². The van der Waals surface area contributed by atoms with Gasteiger partial charge in [0.15, 0.2) is 0 Å². The molecule has 1 saturated carbocycles. The number of piperidine rings is 1. The minimum Gasteiger partial charge on any atom is -0.478 e. The molecule has 2 atom stereocenters. The van der Waals surface area contributed by atoms with Crippen LogP contribution in [0.25, 0.3) is 0 Å². The van der Waals surface area contributed by atoms with Crippen LogP contribution in [0.5, 0.6) is 0 Å². The molecule has 0 aromatic heterocycles. The zero-order valence-electron chi connectivity index (χ0n) is 13.4. The normalized spacial score (nSPS) is 22.4. The molecule has 130 valence electrons. The number of rotatable bonds is 5. The van der Waals surface area contributed by atoms with Crippen molar-refractivity contribution < 1.29 is 23.1 Å². The molecule has 1 aromatic rings. The first-order valence-corrected chi connectivity index (χ1v) is 9.00. The summed E-state index contributed by atoms with van der Waals surface area (Å²) in [5.41, 5.74) is 0.692. The van der Waals surface area contributed by atoms with E-state index in [-0.39, 0.29) is 11.1 Å². The first-order valence-electron chi connectivity index (χ1n) is 7.56. The Morgan fingerprint density at radius 3 is 2.42 bits per heavy atom. The summed E-state index contributed by atoms with van der Waals surface area (Å²) in [5, 5.41) is 9.18. The number of hydrogen-bond donors (Lipinski definition) is 2. The topological polar surface area (TPSA) is 107 Å². The van der Waals surface area contributed by atoms with Crippen LogP contribution in [0.15, 0.2) is 18.2 Å². The number of nitrogens with zero attached hydrogens (tertiary/aromatic N) is 2. The van der Waals surface area contributed by atoms with E-state index in [2.05, 4.69) is 0 Å². The fourth-order valence-electron chi connectivity index (χ4n) is 2.98. The summed E-state index contributed by atoms with van der Waals surface area (Å²) in [6.45, 7) is 1.52. The molecule has 3 rings (SSSR count). The Morgan fingerprint density at radius 2 is 1.88 bits per heavy atom. The summed E-state index contributed by atoms with van der Waals surface area (Å²) in [5.74, 6) is -0.690. The quantitative estimate of drug-likeness (QED) is 0.792. The van der Waals surface area contributed by atoms with Crippen molar-refractivity contribution >= 4 is 27.8 Å². The summed E-state index contributed by atoms with van der Waals surface area (Å²) in [6.07, 6.45) is 1.16. The second-order valence-electron chi connectivity index (χ2n) is 6.42. The van der Waals surface area contributed by atoms with E-state index in [4.69, 9.17) is 0 Å². The van der Waals surface area contributed by atoms with Crippen LogP contribution in [0.4, 0.5) is 5.69 Å². The largest absolute Gasteiger partial charge is 0.478 e. The Labute approximate surface area is 140 Å². The highest BCUT2D eigenvalue weighted by molar-refractivity contribution is 7.87. The van der Waals surface area contributed by atoms with Gasteiger partial charge in [0.2, 0.25) is 0 Å². The average molecular weight is 353 g/mol. The van der Waals surface area contributed by atoms with Gasteiger partial charge in [0.25, 0.3) is 5.91 Å². The zero-order valence-corrected chi connectivity index (χ0v) is 14.2. The minimum absolute atomic E-state index is 0.0672. The number of nitrogens with one attached hydrogen (secondary N) is 1. The number of carbonyl (C=O) groups is 2. The number of benzene rings is 1. The third-order valence-corrected chi connectivity index (χ3v) is 5.92. The van der Waals surface area contributed by atoms with Gasteiger partial charge in [-0.25, -0.2) is 9.52 Å². The summed E-state index contributed by atoms with van der Waals surface area (Å²) in [4.78, 5) is 25.6. The van der Waals surface area contributed by atoms with Gasteiger partial charge in [0, 0.05) is 27.2 Å². The van der Waals surface area contributed by atoms with E-state index < -0.39 is 22.1 Å². The molecule has 24 heavy (non-hydrogen) atoms. The molecule has 1 aliphatic heterocycles. The van der Waals surface area contributed by atoms with Gasteiger partial charge < -0.3 is 10.0 Å². The van der Waals surface area contributed by atoms with Crippen LogP contribution in [0.2, 0.25) is 0 Å². The Balaban J connectivity index is 1.94. The molecule has 1 aromatic carbocycles. The van der Waals surface area contributed by atoms with Crippen molar-refractivity contribution in [1.29, 1.82) is 0 Å². The Hall–Kier alpha value is -2.13. The predicted molar refractivity (Wildman–Crippen MR) is 87.3 cm³/mol. The molecule has 1 saturated heterocycles. The monoisotopic (exact) mass is 353 g/mol. The van der Waals surface area contributed by atoms with Gasteiger partial charge in [-0.05, 0) is 36.5 Å². The van der Waals surface area contributed by atoms with Crippen molar-refractivity contribution in [2.75, 3.05) is 32.1 Å². The molecule has 2 fully saturated rings. The smallest absolute Gasteiger partial charge is 0.335 e. The summed E-state index contributed by atoms with van der Waals surface area (Å²) < 4.78 is 26.6. The highest BCUT2D eigenvalue weighted by Crippen LogP contribution is 2.46. The summed E-state index contributed by atoms with van der Waals surface area (Å²) in [7, 11) is -1.28. The summed E-state index contributed by atoms with van der Waals surface area (Å²) in [6, 6.07) is 4.10. The van der Waals surface area contributed by atoms with Crippen molar-refractivity contribution in [3.05, 3.63) is 29.3 Å². The van der Waals surface area contributed by atoms with Crippen LogP contribution in [0.1, 0.15) is 27.1 Å². The van der Waals surface area contributed by atoms with Gasteiger partial charge in [0.05, 0.1) is 16.8 Å². The molecule has 1 heterocycles. The van der Waals surface area contributed by atoms with Crippen LogP contribution >= 0.6 is 0 Å². The van der Waals surface area contributed by atoms with Gasteiger partial charge >= 0.3 is 16.2 Å². The predicted octanol–water partition coefficient (Wildman–Crippen LogP) is 0.377. The Kier molecular flexibility index (Phi) is 4.00. The second-order valence-corrected chi connectivity index (χ2v) is 8.30. The Bertz CT molecular complexity index is 795. The van der Waals surface area contributed by atoms with E-state index in [1.807, 2.05) is 9.62 Å². The van der Waals surface area contributed by atoms with Gasteiger partial charge in [-0.15, -0.1) is 0 Å². The van der Waals surface area contributed by atoms with Crippen LogP contribution in [0, 0.1) is 11.8 Å². The third kappa shape index (κ3) is 3.09. The zero-order chi connectivity index (χ0) is 17.6. The van der Waals surface area contributed by atoms with E-state index in [1.165, 1.54) is 32.3 Å². The van der Waals surface area contributed by atoms with Crippen LogP contribution < -0.4 is 9.62 Å². The molecule has 0 spiro atoms. The molecule has 0 radical (unpaired) electrons. The Morgan fingerprint density at radius 1 is 1.25 bits per heavy atom. The number of amides is 1. The molecular weight excluding hydrogens is 334 g/mol. The highest BCUT2D eigenvalue weighted by Gasteiger charge is 2.45. The number of carboxylic acid groups (broad SMARTS) is 1. The molecule has 1 aliphatic carbocycles. The van der Waals surface area contributed by atoms with Gasteiger partial charge in [-0.2, -0.15) is 12.7 Å². The minimum atomic E-state index is -3.92. The van der Waals surface area contributed by atoms with E-state index in [1.54, 1.807) is 0 Å². The van der Waals surface area contributed by atoms with Crippen molar-refractivity contribution in [2.45, 2.75) is 6.42 Å². The third-order valence-electron chi connectivity index (χ3n) is 4.51. The first-order chi connectivity index (χ1) is 11.2. The van der Waals surface area contributed by atoms with Gasteiger partial charge in [-0.3, -0.25) is 4.79 Å². The molecule has 2 unspecified atom stereocenters. The lowest BCUT2D eigenvalue weighted by Gasteiger charge is -2.24. The molecule has 2 aliphatic rings. The molecule has 0 bridgehead atoms. The molecule has 9 heteroatoms. The standard InChI is InChI=1S/C15H19N3O5S/c1-17(2)24(22,23)16-14(19)12-4-3-9(15(20)21)6-13(12)18-7-10-5-11(10)8-18/h3-4,6,10-11H,5,7-8H2,1-2H3,(H,16,19)(H,20,21). The number of fused-ring (bicyclic) bond motifs is 1. The van der Waals surface area contributed by atoms with Crippen LogP contribution in [-0.4, -0.2) is 56.9 Å². The number of carbonyl (C=O) groups excluding carboxylic acids is 1. The van der Waals surface area contributed by atoms with E-state index >= 15 is 0 Å². The SMILES string of the molecule is CN(C)S(=O)(=O)NC(=O)c1ccc(C(=O)O)cc1N1CC2CC2C1. The first kappa shape index (κ1) is 16.7. The van der Waals surface area contributed by atoms with Crippen LogP contribution in [0.3, 0.4) is 0 Å².